The quantitative estimate of drug-likeness (QED) is 0.492. The highest BCUT2D eigenvalue weighted by atomic mass is 16.4. The van der Waals surface area contributed by atoms with Gasteiger partial charge in [0.2, 0.25) is 0 Å². The summed E-state index contributed by atoms with van der Waals surface area (Å²) < 4.78 is 0. The van der Waals surface area contributed by atoms with Crippen molar-refractivity contribution in [3.05, 3.63) is 47.5 Å². The molecule has 0 unspecified atom stereocenters. The largest absolute Gasteiger partial charge is 0.508 e. The number of hydrogen-bond donors (Lipinski definition) is 6. The zero-order valence-corrected chi connectivity index (χ0v) is 12.3. The molecule has 0 bridgehead atoms. The predicted molar refractivity (Wildman–Crippen MR) is 81.6 cm³/mol. The minimum Gasteiger partial charge on any atom is -0.508 e. The Kier molecular flexibility index (Phi) is 4.33. The van der Waals surface area contributed by atoms with E-state index in [0.717, 1.165) is 12.1 Å². The number of carboxylic acid groups (broad SMARTS) is 1. The van der Waals surface area contributed by atoms with Gasteiger partial charge in [-0.05, 0) is 31.2 Å². The van der Waals surface area contributed by atoms with Crippen LogP contribution in [0.1, 0.15) is 18.1 Å². The van der Waals surface area contributed by atoms with Crippen molar-refractivity contribution < 1.29 is 30.3 Å². The number of benzene rings is 2. The summed E-state index contributed by atoms with van der Waals surface area (Å²) >= 11 is 0. The molecule has 0 saturated carbocycles. The van der Waals surface area contributed by atoms with Crippen molar-refractivity contribution in [3.63, 3.8) is 0 Å². The zero-order valence-electron chi connectivity index (χ0n) is 12.3. The van der Waals surface area contributed by atoms with E-state index in [-0.39, 0.29) is 34.1 Å². The third kappa shape index (κ3) is 3.29. The van der Waals surface area contributed by atoms with Crippen LogP contribution in [0.5, 0.6) is 23.0 Å². The molecule has 7 nitrogen and oxygen atoms in total. The molecule has 122 valence electrons. The number of aromatic hydroxyl groups is 4. The molecule has 23 heavy (non-hydrogen) atoms. The highest BCUT2D eigenvalue weighted by molar-refractivity contribution is 5.69. The molecule has 7 heteroatoms. The van der Waals surface area contributed by atoms with Crippen LogP contribution >= 0.6 is 0 Å². The van der Waals surface area contributed by atoms with Crippen LogP contribution in [0.4, 0.5) is 0 Å². The summed E-state index contributed by atoms with van der Waals surface area (Å²) in [6, 6.07) is 7.76. The molecule has 0 aliphatic rings. The molecule has 0 saturated heterocycles. The molecule has 0 spiro atoms. The lowest BCUT2D eigenvalue weighted by Crippen LogP contribution is -2.43. The minimum atomic E-state index is -1.27. The molecule has 6 N–H and O–H groups in total. The van der Waals surface area contributed by atoms with Crippen molar-refractivity contribution in [1.82, 2.24) is 5.32 Å². The van der Waals surface area contributed by atoms with Gasteiger partial charge in [-0.25, -0.2) is 0 Å². The van der Waals surface area contributed by atoms with E-state index < -0.39 is 18.1 Å². The molecular formula is C16H17NO6. The van der Waals surface area contributed by atoms with Gasteiger partial charge >= 0.3 is 5.97 Å². The second kappa shape index (κ2) is 6.05. The molecule has 2 aromatic rings. The lowest BCUT2D eigenvalue weighted by Gasteiger charge is -2.32. The smallest absolute Gasteiger partial charge is 0.317 e. The van der Waals surface area contributed by atoms with Gasteiger partial charge in [-0.3, -0.25) is 10.1 Å². The Hall–Kier alpha value is -2.93. The van der Waals surface area contributed by atoms with Gasteiger partial charge in [0.15, 0.2) is 0 Å². The fourth-order valence-corrected chi connectivity index (χ4v) is 2.47. The van der Waals surface area contributed by atoms with Crippen LogP contribution in [-0.2, 0) is 10.3 Å². The summed E-state index contributed by atoms with van der Waals surface area (Å²) in [5.74, 6) is -1.95. The molecule has 0 aliphatic heterocycles. The number of nitrogens with one attached hydrogen (secondary N) is 1. The summed E-state index contributed by atoms with van der Waals surface area (Å²) in [5, 5.41) is 50.8. The average molecular weight is 319 g/mol. The van der Waals surface area contributed by atoms with Gasteiger partial charge in [0, 0.05) is 23.3 Å². The minimum absolute atomic E-state index is 0.151. The van der Waals surface area contributed by atoms with Gasteiger partial charge in [-0.15, -0.1) is 0 Å². The first-order chi connectivity index (χ1) is 10.7. The topological polar surface area (TPSA) is 130 Å². The molecule has 0 heterocycles. The number of carboxylic acids is 1. The first kappa shape index (κ1) is 16.4. The molecule has 0 aromatic heterocycles. The van der Waals surface area contributed by atoms with Crippen molar-refractivity contribution in [1.29, 1.82) is 0 Å². The van der Waals surface area contributed by atoms with Crippen molar-refractivity contribution in [2.24, 2.45) is 0 Å². The Bertz CT molecular complexity index is 692. The number of phenolic OH excluding ortho intramolecular Hbond substituents is 4. The Morgan fingerprint density at radius 2 is 1.39 bits per heavy atom. The maximum atomic E-state index is 10.9. The Morgan fingerprint density at radius 3 is 1.74 bits per heavy atom. The number of carbonyl (C=O) groups is 1. The fraction of sp³-hybridized carbons (Fsp3) is 0.188. The van der Waals surface area contributed by atoms with E-state index in [1.807, 2.05) is 0 Å². The molecule has 0 radical (unpaired) electrons. The van der Waals surface area contributed by atoms with Crippen LogP contribution in [0.25, 0.3) is 0 Å². The van der Waals surface area contributed by atoms with Gasteiger partial charge in [0.1, 0.15) is 23.0 Å². The maximum absolute atomic E-state index is 10.9. The number of hydrogen-bond acceptors (Lipinski definition) is 6. The molecule has 0 atom stereocenters. The molecule has 2 rings (SSSR count). The summed E-state index contributed by atoms with van der Waals surface area (Å²) in [7, 11) is 0. The Balaban J connectivity index is 2.62. The van der Waals surface area contributed by atoms with Crippen molar-refractivity contribution in [2.45, 2.75) is 12.5 Å². The molecule has 2 aromatic carbocycles. The van der Waals surface area contributed by atoms with Crippen LogP contribution < -0.4 is 5.32 Å². The lowest BCUT2D eigenvalue weighted by molar-refractivity contribution is -0.136. The number of aliphatic carboxylic acids is 1. The van der Waals surface area contributed by atoms with Crippen LogP contribution in [0.3, 0.4) is 0 Å². The second-order valence-corrected chi connectivity index (χ2v) is 5.28. The molecule has 0 fully saturated rings. The van der Waals surface area contributed by atoms with E-state index in [9.17, 15) is 25.2 Å². The second-order valence-electron chi connectivity index (χ2n) is 5.28. The first-order valence-corrected chi connectivity index (χ1v) is 6.76. The van der Waals surface area contributed by atoms with Crippen molar-refractivity contribution in [3.8, 4) is 23.0 Å². The third-order valence-electron chi connectivity index (χ3n) is 3.63. The summed E-state index contributed by atoms with van der Waals surface area (Å²) in [6.45, 7) is 1.14. The van der Waals surface area contributed by atoms with E-state index in [2.05, 4.69) is 5.32 Å². The number of rotatable bonds is 5. The Labute approximate surface area is 132 Å². The standard InChI is InChI=1S/C16H17NO6/c1-16(17-8-15(22)23,11-4-2-9(18)6-13(11)20)12-5-3-10(19)7-14(12)21/h2-7,17-21H,8H2,1H3,(H,22,23). The molecule has 0 aliphatic carbocycles. The lowest BCUT2D eigenvalue weighted by atomic mass is 9.83. The van der Waals surface area contributed by atoms with Crippen LogP contribution in [-0.4, -0.2) is 38.0 Å². The Morgan fingerprint density at radius 1 is 0.957 bits per heavy atom. The van der Waals surface area contributed by atoms with E-state index in [1.165, 1.54) is 24.3 Å². The van der Waals surface area contributed by atoms with Gasteiger partial charge in [-0.1, -0.05) is 0 Å². The third-order valence-corrected chi connectivity index (χ3v) is 3.63. The van der Waals surface area contributed by atoms with Crippen molar-refractivity contribution >= 4 is 5.97 Å². The van der Waals surface area contributed by atoms with E-state index in [1.54, 1.807) is 6.92 Å². The van der Waals surface area contributed by atoms with Crippen LogP contribution in [0, 0.1) is 0 Å². The summed E-state index contributed by atoms with van der Waals surface area (Å²) in [4.78, 5) is 10.9. The monoisotopic (exact) mass is 319 g/mol. The normalized spacial score (nSPS) is 11.3. The van der Waals surface area contributed by atoms with E-state index in [4.69, 9.17) is 5.11 Å². The van der Waals surface area contributed by atoms with Gasteiger partial charge < -0.3 is 25.5 Å². The number of phenols is 4. The van der Waals surface area contributed by atoms with Crippen LogP contribution in [0.2, 0.25) is 0 Å². The van der Waals surface area contributed by atoms with Gasteiger partial charge in [0.25, 0.3) is 0 Å². The first-order valence-electron chi connectivity index (χ1n) is 6.76. The fourth-order valence-electron chi connectivity index (χ4n) is 2.47. The molecular weight excluding hydrogens is 302 g/mol. The van der Waals surface area contributed by atoms with E-state index >= 15 is 0 Å². The highest BCUT2D eigenvalue weighted by Crippen LogP contribution is 2.41. The maximum Gasteiger partial charge on any atom is 0.317 e. The summed E-state index contributed by atoms with van der Waals surface area (Å²) in [5.41, 5.74) is -0.747. The van der Waals surface area contributed by atoms with Gasteiger partial charge in [-0.2, -0.15) is 0 Å². The SMILES string of the molecule is CC(NCC(=O)O)(c1ccc(O)cc1O)c1ccc(O)cc1O. The predicted octanol–water partition coefficient (Wildman–Crippen LogP) is 1.45. The summed E-state index contributed by atoms with van der Waals surface area (Å²) in [6.07, 6.45) is 0. The van der Waals surface area contributed by atoms with E-state index in [0.29, 0.717) is 0 Å². The van der Waals surface area contributed by atoms with Gasteiger partial charge in [0.05, 0.1) is 12.1 Å². The zero-order chi connectivity index (χ0) is 17.2. The van der Waals surface area contributed by atoms with Crippen molar-refractivity contribution in [2.75, 3.05) is 6.54 Å². The average Bonchev–Trinajstić information content (AvgIpc) is 2.44. The molecule has 0 amide bonds. The van der Waals surface area contributed by atoms with Crippen LogP contribution in [0.15, 0.2) is 36.4 Å². The highest BCUT2D eigenvalue weighted by Gasteiger charge is 2.34.